The summed E-state index contributed by atoms with van der Waals surface area (Å²) >= 11 is 0.915. The molecule has 0 radical (unpaired) electrons. The molecule has 0 rings (SSSR count). The Morgan fingerprint density at radius 1 is 0.667 bits per heavy atom. The Hall–Kier alpha value is 0.423. The van der Waals surface area contributed by atoms with Crippen LogP contribution in [0.4, 0.5) is 0 Å². The number of rotatable bonds is 10. The van der Waals surface area contributed by atoms with E-state index in [-0.39, 0.29) is 0 Å². The van der Waals surface area contributed by atoms with Crippen molar-refractivity contribution in [3.05, 3.63) is 0 Å². The fourth-order valence-corrected chi connectivity index (χ4v) is 3.86. The van der Waals surface area contributed by atoms with Gasteiger partial charge in [0.2, 0.25) is 0 Å². The average molecular weight is 318 g/mol. The van der Waals surface area contributed by atoms with Gasteiger partial charge in [-0.15, -0.1) is 0 Å². The van der Waals surface area contributed by atoms with Crippen molar-refractivity contribution in [3.8, 4) is 0 Å². The van der Waals surface area contributed by atoms with E-state index in [1.807, 2.05) is 0 Å². The summed E-state index contributed by atoms with van der Waals surface area (Å²) in [6.45, 7) is 3.73. The maximum absolute atomic E-state index is 2.34. The van der Waals surface area contributed by atoms with Gasteiger partial charge in [0.15, 0.2) is 0 Å². The van der Waals surface area contributed by atoms with Crippen LogP contribution in [-0.2, 0) is 0 Å². The van der Waals surface area contributed by atoms with Gasteiger partial charge in [0, 0.05) is 0 Å². The summed E-state index contributed by atoms with van der Waals surface area (Å²) in [7, 11) is 13.1. The molecule has 0 spiro atoms. The van der Waals surface area contributed by atoms with Crippen LogP contribution < -0.4 is 0 Å². The van der Waals surface area contributed by atoms with E-state index in [0.29, 0.717) is 4.25 Å². The summed E-state index contributed by atoms with van der Waals surface area (Å²) < 4.78 is 0.678. The molecular weight excluding hydrogens is 283 g/mol. The first-order valence-corrected chi connectivity index (χ1v) is 9.29. The first kappa shape index (κ1) is 18.4. The Morgan fingerprint density at radius 3 is 1.39 bits per heavy atom. The van der Waals surface area contributed by atoms with E-state index in [1.165, 1.54) is 45.3 Å². The van der Waals surface area contributed by atoms with Gasteiger partial charge in [0.05, 0.1) is 0 Å². The van der Waals surface area contributed by atoms with Crippen molar-refractivity contribution in [2.24, 2.45) is 0 Å². The van der Waals surface area contributed by atoms with Gasteiger partial charge in [-0.2, -0.15) is 0 Å². The molecule has 0 aliphatic heterocycles. The predicted molar refractivity (Wildman–Crippen MR) is 86.8 cm³/mol. The Balaban J connectivity index is 4.20. The fraction of sp³-hybridized carbons (Fsp3) is 1.00. The van der Waals surface area contributed by atoms with Crippen LogP contribution >= 0.6 is 0 Å². The molecule has 0 bridgehead atoms. The second-order valence-corrected chi connectivity index (χ2v) is 11.3. The molecule has 0 fully saturated rings. The third-order valence-corrected chi connectivity index (χ3v) is 6.86. The zero-order valence-corrected chi connectivity index (χ0v) is 18.0. The molecule has 0 atom stereocenters. The molecule has 110 valence electrons. The van der Waals surface area contributed by atoms with Crippen molar-refractivity contribution in [1.29, 1.82) is 0 Å². The SMILES string of the molecule is CN(C)CCC[C]([GeH3])(CCN(C)C)CCN(C)C. The summed E-state index contributed by atoms with van der Waals surface area (Å²) in [6, 6.07) is 0. The Morgan fingerprint density at radius 2 is 1.06 bits per heavy atom. The van der Waals surface area contributed by atoms with Crippen LogP contribution in [0, 0.1) is 0 Å². The molecule has 0 saturated heterocycles. The third kappa shape index (κ3) is 10.4. The van der Waals surface area contributed by atoms with E-state index in [0.717, 1.165) is 16.5 Å². The van der Waals surface area contributed by atoms with Crippen molar-refractivity contribution >= 4 is 16.5 Å². The van der Waals surface area contributed by atoms with Gasteiger partial charge in [0.25, 0.3) is 0 Å². The molecule has 4 heteroatoms. The quantitative estimate of drug-likeness (QED) is 0.551. The predicted octanol–water partition coefficient (Wildman–Crippen LogP) is 0.756. The molecule has 0 aromatic rings. The second kappa shape index (κ2) is 9.35. The third-order valence-electron chi connectivity index (χ3n) is 3.71. The maximum atomic E-state index is 2.34. The molecule has 0 aromatic heterocycles. The minimum absolute atomic E-state index is 0.678. The van der Waals surface area contributed by atoms with Gasteiger partial charge in [-0.1, -0.05) is 0 Å². The van der Waals surface area contributed by atoms with Crippen LogP contribution in [0.5, 0.6) is 0 Å². The van der Waals surface area contributed by atoms with Gasteiger partial charge in [-0.3, -0.25) is 0 Å². The fourth-order valence-electron chi connectivity index (χ4n) is 2.18. The van der Waals surface area contributed by atoms with Crippen molar-refractivity contribution < 1.29 is 0 Å². The first-order chi connectivity index (χ1) is 8.25. The van der Waals surface area contributed by atoms with Gasteiger partial charge >= 0.3 is 123 Å². The van der Waals surface area contributed by atoms with Crippen LogP contribution in [0.15, 0.2) is 0 Å². The summed E-state index contributed by atoms with van der Waals surface area (Å²) in [5.74, 6) is 0. The van der Waals surface area contributed by atoms with Gasteiger partial charge < -0.3 is 0 Å². The van der Waals surface area contributed by atoms with Gasteiger partial charge in [-0.25, -0.2) is 0 Å². The zero-order chi connectivity index (χ0) is 14.2. The van der Waals surface area contributed by atoms with Crippen molar-refractivity contribution in [2.75, 3.05) is 61.9 Å². The summed E-state index contributed by atoms with van der Waals surface area (Å²) in [5, 5.41) is 0. The van der Waals surface area contributed by atoms with Crippen LogP contribution in [0.1, 0.15) is 25.7 Å². The van der Waals surface area contributed by atoms with E-state index in [9.17, 15) is 0 Å². The number of nitrogens with zero attached hydrogens (tertiary/aromatic N) is 3. The zero-order valence-electron chi connectivity index (χ0n) is 13.8. The Bertz CT molecular complexity index is 193. The number of hydrogen-bond acceptors (Lipinski definition) is 3. The summed E-state index contributed by atoms with van der Waals surface area (Å²) in [5.41, 5.74) is 0. The molecule has 3 nitrogen and oxygen atoms in total. The molecule has 0 heterocycles. The average Bonchev–Trinajstić information content (AvgIpc) is 2.23. The van der Waals surface area contributed by atoms with E-state index in [4.69, 9.17) is 0 Å². The molecule has 0 unspecified atom stereocenters. The van der Waals surface area contributed by atoms with Crippen molar-refractivity contribution in [1.82, 2.24) is 14.7 Å². The second-order valence-electron chi connectivity index (χ2n) is 6.82. The Kier molecular flexibility index (Phi) is 9.57. The normalized spacial score (nSPS) is 13.2. The van der Waals surface area contributed by atoms with Crippen molar-refractivity contribution in [2.45, 2.75) is 29.9 Å². The molecule has 0 N–H and O–H groups in total. The van der Waals surface area contributed by atoms with Crippen LogP contribution in [-0.4, -0.2) is 93.1 Å². The van der Waals surface area contributed by atoms with E-state index >= 15 is 0 Å². The van der Waals surface area contributed by atoms with Crippen LogP contribution in [0.3, 0.4) is 0 Å². The van der Waals surface area contributed by atoms with Crippen molar-refractivity contribution in [3.63, 3.8) is 0 Å². The van der Waals surface area contributed by atoms with E-state index in [2.05, 4.69) is 57.0 Å². The first-order valence-electron chi connectivity index (χ1n) is 7.19. The summed E-state index contributed by atoms with van der Waals surface area (Å²) in [4.78, 5) is 6.98. The van der Waals surface area contributed by atoms with E-state index in [1.54, 1.807) is 0 Å². The Labute approximate surface area is 123 Å². The van der Waals surface area contributed by atoms with Crippen LogP contribution in [0.2, 0.25) is 4.25 Å². The van der Waals surface area contributed by atoms with E-state index < -0.39 is 0 Å². The topological polar surface area (TPSA) is 9.72 Å². The molecule has 0 amide bonds. The standard InChI is InChI=1S/C14H35GeN3/c1-16(2)11-7-8-14(15,9-12-17(3)4)10-13-18(5)6/h7-13H2,1-6,15H3. The minimum atomic E-state index is 0.678. The number of hydrogen-bond donors (Lipinski definition) is 0. The van der Waals surface area contributed by atoms with Gasteiger partial charge in [0.1, 0.15) is 0 Å². The summed E-state index contributed by atoms with van der Waals surface area (Å²) in [6.07, 6.45) is 5.56. The molecule has 0 saturated carbocycles. The molecule has 18 heavy (non-hydrogen) atoms. The molecular formula is C14H35GeN3. The molecule has 0 aromatic carbocycles. The van der Waals surface area contributed by atoms with Crippen LogP contribution in [0.25, 0.3) is 0 Å². The monoisotopic (exact) mass is 319 g/mol. The molecule has 0 aliphatic rings. The van der Waals surface area contributed by atoms with Gasteiger partial charge in [-0.05, 0) is 0 Å². The molecule has 0 aliphatic carbocycles.